The Morgan fingerprint density at radius 1 is 1.91 bits per heavy atom. The third-order valence-corrected chi connectivity index (χ3v) is 1.88. The summed E-state index contributed by atoms with van der Waals surface area (Å²) in [7, 11) is 0. The van der Waals surface area contributed by atoms with Gasteiger partial charge in [0.05, 0.1) is 17.8 Å². The minimum absolute atomic E-state index is 0.120. The van der Waals surface area contributed by atoms with Crippen LogP contribution in [0.2, 0.25) is 0 Å². The number of carbonyl (C=O) groups is 1. The van der Waals surface area contributed by atoms with Gasteiger partial charge in [0, 0.05) is 0 Å². The number of hydrogen-bond acceptors (Lipinski definition) is 3. The van der Waals surface area contributed by atoms with Gasteiger partial charge in [-0.05, 0) is 22.9 Å². The highest BCUT2D eigenvalue weighted by atomic mass is 79.9. The fraction of sp³-hybridized carbons (Fsp3) is 0.333. The van der Waals surface area contributed by atoms with E-state index in [1.165, 1.54) is 6.20 Å². The van der Waals surface area contributed by atoms with Crippen LogP contribution in [0.4, 0.5) is 0 Å². The average Bonchev–Trinajstić information content (AvgIpc) is 2.33. The fourth-order valence-electron chi connectivity index (χ4n) is 0.687. The van der Waals surface area contributed by atoms with Crippen molar-refractivity contribution in [3.63, 3.8) is 0 Å². The SMILES string of the molecule is CC(N)C(=O)c1cn[nH]c1Br. The summed E-state index contributed by atoms with van der Waals surface area (Å²) in [5, 5.41) is 6.27. The summed E-state index contributed by atoms with van der Waals surface area (Å²) < 4.78 is 0.583. The van der Waals surface area contributed by atoms with Crippen LogP contribution in [0.5, 0.6) is 0 Å². The summed E-state index contributed by atoms with van der Waals surface area (Å²) >= 11 is 3.14. The van der Waals surface area contributed by atoms with Gasteiger partial charge in [-0.25, -0.2) is 0 Å². The van der Waals surface area contributed by atoms with Crippen LogP contribution in [-0.4, -0.2) is 22.0 Å². The van der Waals surface area contributed by atoms with Crippen molar-refractivity contribution < 1.29 is 4.79 Å². The summed E-state index contributed by atoms with van der Waals surface area (Å²) in [6.07, 6.45) is 1.45. The monoisotopic (exact) mass is 217 g/mol. The Morgan fingerprint density at radius 2 is 2.55 bits per heavy atom. The lowest BCUT2D eigenvalue weighted by molar-refractivity contribution is 0.0967. The fourth-order valence-corrected chi connectivity index (χ4v) is 1.09. The number of nitrogens with one attached hydrogen (secondary N) is 1. The van der Waals surface area contributed by atoms with Crippen LogP contribution in [0.1, 0.15) is 17.3 Å². The molecule has 0 bridgehead atoms. The molecular formula is C6H8BrN3O. The van der Waals surface area contributed by atoms with Crippen molar-refractivity contribution in [1.82, 2.24) is 10.2 Å². The molecule has 3 N–H and O–H groups in total. The lowest BCUT2D eigenvalue weighted by Crippen LogP contribution is -2.26. The first kappa shape index (κ1) is 8.42. The van der Waals surface area contributed by atoms with Gasteiger partial charge in [0.15, 0.2) is 5.78 Å². The van der Waals surface area contributed by atoms with E-state index in [-0.39, 0.29) is 5.78 Å². The molecule has 1 unspecified atom stereocenters. The molecule has 0 aromatic carbocycles. The maximum absolute atomic E-state index is 11.2. The van der Waals surface area contributed by atoms with E-state index in [0.29, 0.717) is 10.2 Å². The van der Waals surface area contributed by atoms with Gasteiger partial charge in [0.25, 0.3) is 0 Å². The van der Waals surface area contributed by atoms with Crippen molar-refractivity contribution in [3.05, 3.63) is 16.4 Å². The molecule has 1 aromatic rings. The zero-order chi connectivity index (χ0) is 8.43. The number of halogens is 1. The largest absolute Gasteiger partial charge is 0.321 e. The molecule has 1 rings (SSSR count). The minimum Gasteiger partial charge on any atom is -0.321 e. The van der Waals surface area contributed by atoms with E-state index in [2.05, 4.69) is 26.1 Å². The first-order valence-electron chi connectivity index (χ1n) is 3.11. The van der Waals surface area contributed by atoms with Crippen molar-refractivity contribution in [1.29, 1.82) is 0 Å². The number of nitrogens with two attached hydrogens (primary N) is 1. The van der Waals surface area contributed by atoms with E-state index in [9.17, 15) is 4.79 Å². The normalized spacial score (nSPS) is 13.0. The highest BCUT2D eigenvalue weighted by Gasteiger charge is 2.14. The van der Waals surface area contributed by atoms with Crippen LogP contribution in [0, 0.1) is 0 Å². The van der Waals surface area contributed by atoms with Gasteiger partial charge in [-0.15, -0.1) is 0 Å². The number of aromatic amines is 1. The minimum atomic E-state index is -0.483. The van der Waals surface area contributed by atoms with Crippen LogP contribution >= 0.6 is 15.9 Å². The van der Waals surface area contributed by atoms with Crippen molar-refractivity contribution in [2.75, 3.05) is 0 Å². The number of ketones is 1. The summed E-state index contributed by atoms with van der Waals surface area (Å²) in [5.74, 6) is -0.120. The Kier molecular flexibility index (Phi) is 2.41. The molecule has 1 heterocycles. The maximum Gasteiger partial charge on any atom is 0.183 e. The molecular weight excluding hydrogens is 210 g/mol. The third kappa shape index (κ3) is 1.66. The zero-order valence-corrected chi connectivity index (χ0v) is 7.55. The molecule has 0 aliphatic carbocycles. The predicted octanol–water partition coefficient (Wildman–Crippen LogP) is 0.702. The molecule has 0 saturated carbocycles. The number of rotatable bonds is 2. The quantitative estimate of drug-likeness (QED) is 0.717. The standard InChI is InChI=1S/C6H8BrN3O/c1-3(8)5(11)4-2-9-10-6(4)7/h2-3H,8H2,1H3,(H,9,10). The lowest BCUT2D eigenvalue weighted by Gasteiger charge is -2.00. The molecule has 1 aromatic heterocycles. The Hall–Kier alpha value is -0.680. The molecule has 0 aliphatic heterocycles. The Labute approximate surface area is 72.3 Å². The number of H-pyrrole nitrogens is 1. The van der Waals surface area contributed by atoms with Gasteiger partial charge in [-0.2, -0.15) is 5.10 Å². The number of nitrogens with zero attached hydrogens (tertiary/aromatic N) is 1. The van der Waals surface area contributed by atoms with Crippen molar-refractivity contribution >= 4 is 21.7 Å². The number of Topliss-reactive ketones (excluding diaryl/α,β-unsaturated/α-hetero) is 1. The summed E-state index contributed by atoms with van der Waals surface area (Å²) in [5.41, 5.74) is 5.88. The lowest BCUT2D eigenvalue weighted by atomic mass is 10.1. The third-order valence-electron chi connectivity index (χ3n) is 1.27. The molecule has 0 radical (unpaired) electrons. The topological polar surface area (TPSA) is 71.8 Å². The van der Waals surface area contributed by atoms with Gasteiger partial charge in [0.2, 0.25) is 0 Å². The summed E-state index contributed by atoms with van der Waals surface area (Å²) in [6.45, 7) is 1.64. The van der Waals surface area contributed by atoms with Gasteiger partial charge in [0.1, 0.15) is 4.60 Å². The van der Waals surface area contributed by atoms with E-state index < -0.39 is 6.04 Å². The molecule has 0 spiro atoms. The molecule has 11 heavy (non-hydrogen) atoms. The van der Waals surface area contributed by atoms with E-state index >= 15 is 0 Å². The predicted molar refractivity (Wildman–Crippen MR) is 44.3 cm³/mol. The van der Waals surface area contributed by atoms with E-state index in [4.69, 9.17) is 5.73 Å². The van der Waals surface area contributed by atoms with Crippen LogP contribution < -0.4 is 5.73 Å². The average molecular weight is 218 g/mol. The highest BCUT2D eigenvalue weighted by molar-refractivity contribution is 9.10. The molecule has 1 atom stereocenters. The first-order chi connectivity index (χ1) is 5.13. The Balaban J connectivity index is 2.93. The van der Waals surface area contributed by atoms with Gasteiger partial charge >= 0.3 is 0 Å². The molecule has 0 saturated heterocycles. The Bertz CT molecular complexity index is 269. The van der Waals surface area contributed by atoms with Crippen LogP contribution in [0.15, 0.2) is 10.8 Å². The first-order valence-corrected chi connectivity index (χ1v) is 3.91. The molecule has 5 heteroatoms. The number of hydrogen-bond donors (Lipinski definition) is 2. The molecule has 0 aliphatic rings. The van der Waals surface area contributed by atoms with E-state index in [1.807, 2.05) is 0 Å². The van der Waals surface area contributed by atoms with E-state index in [1.54, 1.807) is 6.92 Å². The number of carbonyl (C=O) groups excluding carboxylic acids is 1. The zero-order valence-electron chi connectivity index (χ0n) is 5.97. The van der Waals surface area contributed by atoms with Crippen LogP contribution in [0.25, 0.3) is 0 Å². The van der Waals surface area contributed by atoms with Gasteiger partial charge in [-0.3, -0.25) is 9.89 Å². The van der Waals surface area contributed by atoms with Crippen LogP contribution in [0.3, 0.4) is 0 Å². The molecule has 60 valence electrons. The van der Waals surface area contributed by atoms with Gasteiger partial charge < -0.3 is 5.73 Å². The molecule has 0 fully saturated rings. The smallest absolute Gasteiger partial charge is 0.183 e. The van der Waals surface area contributed by atoms with Crippen molar-refractivity contribution in [2.24, 2.45) is 5.73 Å². The summed E-state index contributed by atoms with van der Waals surface area (Å²) in [6, 6.07) is -0.483. The second-order valence-electron chi connectivity index (χ2n) is 2.25. The molecule has 0 amide bonds. The Morgan fingerprint density at radius 3 is 2.91 bits per heavy atom. The summed E-state index contributed by atoms with van der Waals surface area (Å²) in [4.78, 5) is 11.2. The molecule has 4 nitrogen and oxygen atoms in total. The second kappa shape index (κ2) is 3.15. The van der Waals surface area contributed by atoms with Crippen molar-refractivity contribution in [2.45, 2.75) is 13.0 Å². The maximum atomic E-state index is 11.2. The highest BCUT2D eigenvalue weighted by Crippen LogP contribution is 2.13. The van der Waals surface area contributed by atoms with Crippen molar-refractivity contribution in [3.8, 4) is 0 Å². The number of aromatic nitrogens is 2. The second-order valence-corrected chi connectivity index (χ2v) is 3.04. The van der Waals surface area contributed by atoms with E-state index in [0.717, 1.165) is 0 Å². The van der Waals surface area contributed by atoms with Gasteiger partial charge in [-0.1, -0.05) is 0 Å². The van der Waals surface area contributed by atoms with Crippen LogP contribution in [-0.2, 0) is 0 Å².